The molecule has 0 aromatic heterocycles. The summed E-state index contributed by atoms with van der Waals surface area (Å²) in [4.78, 5) is 12.4. The number of Topliss-reactive ketones (excluding diaryl/α,β-unsaturated/α-hetero) is 1. The first-order valence-corrected chi connectivity index (χ1v) is 9.76. The average Bonchev–Trinajstić information content (AvgIpc) is 2.64. The van der Waals surface area contributed by atoms with Crippen LogP contribution in [0, 0.1) is 11.7 Å². The van der Waals surface area contributed by atoms with Gasteiger partial charge in [0.05, 0.1) is 9.92 Å². The second kappa shape index (κ2) is 7.23. The Labute approximate surface area is 151 Å². The van der Waals surface area contributed by atoms with Crippen LogP contribution in [0.4, 0.5) is 4.39 Å². The van der Waals surface area contributed by atoms with Gasteiger partial charge in [-0.1, -0.05) is 41.9 Å². The number of piperidine rings is 1. The Morgan fingerprint density at radius 3 is 2.32 bits per heavy atom. The van der Waals surface area contributed by atoms with Gasteiger partial charge in [0.25, 0.3) is 0 Å². The molecule has 0 atom stereocenters. The number of rotatable bonds is 4. The third kappa shape index (κ3) is 3.76. The van der Waals surface area contributed by atoms with Crippen LogP contribution < -0.4 is 0 Å². The van der Waals surface area contributed by atoms with Crippen molar-refractivity contribution in [1.82, 2.24) is 4.31 Å². The van der Waals surface area contributed by atoms with Gasteiger partial charge < -0.3 is 0 Å². The molecule has 3 rings (SSSR count). The van der Waals surface area contributed by atoms with Crippen LogP contribution in [0.15, 0.2) is 53.4 Å². The molecule has 0 unspecified atom stereocenters. The minimum Gasteiger partial charge on any atom is -0.294 e. The van der Waals surface area contributed by atoms with Crippen LogP contribution in [0.5, 0.6) is 0 Å². The Hall–Kier alpha value is -1.76. The Balaban J connectivity index is 1.71. The molecule has 1 heterocycles. The first kappa shape index (κ1) is 18.0. The molecule has 1 aliphatic rings. The lowest BCUT2D eigenvalue weighted by Crippen LogP contribution is -2.40. The molecule has 0 spiro atoms. The van der Waals surface area contributed by atoms with E-state index in [0.717, 1.165) is 12.1 Å². The van der Waals surface area contributed by atoms with E-state index in [1.165, 1.54) is 10.4 Å². The van der Waals surface area contributed by atoms with Crippen molar-refractivity contribution in [2.24, 2.45) is 5.92 Å². The molecular weight excluding hydrogens is 365 g/mol. The average molecular weight is 382 g/mol. The first-order valence-electron chi connectivity index (χ1n) is 7.94. The van der Waals surface area contributed by atoms with Gasteiger partial charge in [0.1, 0.15) is 5.82 Å². The highest BCUT2D eigenvalue weighted by Gasteiger charge is 2.32. The van der Waals surface area contributed by atoms with Gasteiger partial charge in [-0.25, -0.2) is 12.8 Å². The highest BCUT2D eigenvalue weighted by atomic mass is 35.5. The minimum atomic E-state index is -3.74. The summed E-state index contributed by atoms with van der Waals surface area (Å²) in [6, 6.07) is 12.4. The SMILES string of the molecule is O=C(c1ccccc1)C1CCN(S(=O)(=O)c2ccc(F)c(Cl)c2)CC1. The van der Waals surface area contributed by atoms with Crippen molar-refractivity contribution in [3.05, 3.63) is 64.9 Å². The number of halogens is 2. The van der Waals surface area contributed by atoms with Gasteiger partial charge in [0.2, 0.25) is 10.0 Å². The molecule has 1 fully saturated rings. The number of hydrogen-bond acceptors (Lipinski definition) is 3. The fourth-order valence-electron chi connectivity index (χ4n) is 2.98. The van der Waals surface area contributed by atoms with Crippen LogP contribution in [-0.2, 0) is 10.0 Å². The summed E-state index contributed by atoms with van der Waals surface area (Å²) in [7, 11) is -3.74. The van der Waals surface area contributed by atoms with Crippen LogP contribution >= 0.6 is 11.6 Å². The van der Waals surface area contributed by atoms with E-state index >= 15 is 0 Å². The normalized spacial score (nSPS) is 16.7. The molecule has 2 aromatic rings. The van der Waals surface area contributed by atoms with Crippen LogP contribution in [0.1, 0.15) is 23.2 Å². The van der Waals surface area contributed by atoms with Crippen molar-refractivity contribution < 1.29 is 17.6 Å². The van der Waals surface area contributed by atoms with Crippen molar-refractivity contribution in [1.29, 1.82) is 0 Å². The summed E-state index contributed by atoms with van der Waals surface area (Å²) < 4.78 is 39.9. The smallest absolute Gasteiger partial charge is 0.243 e. The maximum Gasteiger partial charge on any atom is 0.243 e. The molecule has 2 aromatic carbocycles. The van der Waals surface area contributed by atoms with Crippen LogP contribution in [0.3, 0.4) is 0 Å². The molecule has 0 saturated carbocycles. The molecular formula is C18H17ClFNO3S. The number of nitrogens with zero attached hydrogens (tertiary/aromatic N) is 1. The van der Waals surface area contributed by atoms with Gasteiger partial charge in [-0.2, -0.15) is 4.31 Å². The summed E-state index contributed by atoms with van der Waals surface area (Å²) in [5.41, 5.74) is 0.647. The number of hydrogen-bond donors (Lipinski definition) is 0. The highest BCUT2D eigenvalue weighted by molar-refractivity contribution is 7.89. The minimum absolute atomic E-state index is 0.0354. The van der Waals surface area contributed by atoms with E-state index in [1.807, 2.05) is 18.2 Å². The Morgan fingerprint density at radius 1 is 1.08 bits per heavy atom. The Morgan fingerprint density at radius 2 is 1.72 bits per heavy atom. The van der Waals surface area contributed by atoms with Gasteiger partial charge in [-0.05, 0) is 31.0 Å². The van der Waals surface area contributed by atoms with E-state index in [4.69, 9.17) is 11.6 Å². The standard InChI is InChI=1S/C18H17ClFNO3S/c19-16-12-15(6-7-17(16)20)25(23,24)21-10-8-14(9-11-21)18(22)13-4-2-1-3-5-13/h1-7,12,14H,8-11H2. The van der Waals surface area contributed by atoms with Gasteiger partial charge in [-0.15, -0.1) is 0 Å². The second-order valence-corrected chi connectivity index (χ2v) is 8.33. The van der Waals surface area contributed by atoms with Gasteiger partial charge in [0, 0.05) is 24.6 Å². The number of carbonyl (C=O) groups excluding carboxylic acids is 1. The molecule has 4 nitrogen and oxygen atoms in total. The summed E-state index contributed by atoms with van der Waals surface area (Å²) in [5, 5.41) is -0.227. The fraction of sp³-hybridized carbons (Fsp3) is 0.278. The summed E-state index contributed by atoms with van der Waals surface area (Å²) in [6.45, 7) is 0.501. The van der Waals surface area contributed by atoms with Crippen molar-refractivity contribution >= 4 is 27.4 Å². The monoisotopic (exact) mass is 381 g/mol. The van der Waals surface area contributed by atoms with E-state index in [0.29, 0.717) is 18.4 Å². The number of carbonyl (C=O) groups is 1. The third-order valence-electron chi connectivity index (χ3n) is 4.41. The van der Waals surface area contributed by atoms with E-state index in [9.17, 15) is 17.6 Å². The molecule has 1 saturated heterocycles. The summed E-state index contributed by atoms with van der Waals surface area (Å²) in [6.07, 6.45) is 0.920. The van der Waals surface area contributed by atoms with Crippen molar-refractivity contribution in [2.45, 2.75) is 17.7 Å². The van der Waals surface area contributed by atoms with Crippen LogP contribution in [0.2, 0.25) is 5.02 Å². The summed E-state index contributed by atoms with van der Waals surface area (Å²) >= 11 is 5.69. The van der Waals surface area contributed by atoms with E-state index in [2.05, 4.69) is 0 Å². The summed E-state index contributed by atoms with van der Waals surface area (Å²) in [5.74, 6) is -0.805. The van der Waals surface area contributed by atoms with E-state index in [1.54, 1.807) is 12.1 Å². The molecule has 25 heavy (non-hydrogen) atoms. The topological polar surface area (TPSA) is 54.5 Å². The predicted octanol–water partition coefficient (Wildman–Crippen LogP) is 3.76. The number of ketones is 1. The number of sulfonamides is 1. The molecule has 0 bridgehead atoms. The van der Waals surface area contributed by atoms with E-state index < -0.39 is 15.8 Å². The first-order chi connectivity index (χ1) is 11.9. The molecule has 0 amide bonds. The van der Waals surface area contributed by atoms with Crippen molar-refractivity contribution in [3.8, 4) is 0 Å². The van der Waals surface area contributed by atoms with Crippen LogP contribution in [0.25, 0.3) is 0 Å². The lowest BCUT2D eigenvalue weighted by Gasteiger charge is -2.30. The largest absolute Gasteiger partial charge is 0.294 e. The maximum atomic E-state index is 13.3. The van der Waals surface area contributed by atoms with Gasteiger partial charge >= 0.3 is 0 Å². The van der Waals surface area contributed by atoms with Gasteiger partial charge in [-0.3, -0.25) is 4.79 Å². The molecule has 0 aliphatic carbocycles. The maximum absolute atomic E-state index is 13.3. The molecule has 0 radical (unpaired) electrons. The Bertz CT molecular complexity index is 878. The molecule has 7 heteroatoms. The lowest BCUT2D eigenvalue weighted by molar-refractivity contribution is 0.0875. The third-order valence-corrected chi connectivity index (χ3v) is 6.60. The molecule has 1 aliphatic heterocycles. The quantitative estimate of drug-likeness (QED) is 0.757. The van der Waals surface area contributed by atoms with Crippen molar-refractivity contribution in [2.75, 3.05) is 13.1 Å². The van der Waals surface area contributed by atoms with Crippen molar-refractivity contribution in [3.63, 3.8) is 0 Å². The Kier molecular flexibility index (Phi) is 5.22. The zero-order valence-electron chi connectivity index (χ0n) is 13.4. The van der Waals surface area contributed by atoms with E-state index in [-0.39, 0.29) is 34.7 Å². The fourth-order valence-corrected chi connectivity index (χ4v) is 4.72. The molecule has 0 N–H and O–H groups in total. The highest BCUT2D eigenvalue weighted by Crippen LogP contribution is 2.28. The number of benzene rings is 2. The second-order valence-electron chi connectivity index (χ2n) is 5.98. The zero-order valence-corrected chi connectivity index (χ0v) is 14.9. The van der Waals surface area contributed by atoms with Crippen LogP contribution in [-0.4, -0.2) is 31.6 Å². The lowest BCUT2D eigenvalue weighted by atomic mass is 9.90. The predicted molar refractivity (Wildman–Crippen MR) is 93.7 cm³/mol. The molecule has 132 valence electrons. The van der Waals surface area contributed by atoms with Gasteiger partial charge in [0.15, 0.2) is 5.78 Å². The zero-order chi connectivity index (χ0) is 18.0.